The molecular formula is C14H23NO. The van der Waals surface area contributed by atoms with Crippen LogP contribution in [0.15, 0.2) is 30.3 Å². The van der Waals surface area contributed by atoms with Crippen molar-refractivity contribution in [1.82, 2.24) is 0 Å². The lowest BCUT2D eigenvalue weighted by atomic mass is 9.96. The van der Waals surface area contributed by atoms with E-state index in [0.29, 0.717) is 12.3 Å². The van der Waals surface area contributed by atoms with Crippen molar-refractivity contribution in [2.75, 3.05) is 0 Å². The third-order valence-electron chi connectivity index (χ3n) is 2.86. The average molecular weight is 221 g/mol. The van der Waals surface area contributed by atoms with Gasteiger partial charge in [-0.3, -0.25) is 0 Å². The van der Waals surface area contributed by atoms with Crippen molar-refractivity contribution < 1.29 is 5.11 Å². The number of aliphatic hydroxyl groups excluding tert-OH is 1. The molecule has 0 heterocycles. The maximum Gasteiger partial charge on any atom is 0.0731 e. The Balaban J connectivity index is 2.37. The van der Waals surface area contributed by atoms with Crippen LogP contribution in [0.5, 0.6) is 0 Å². The molecule has 16 heavy (non-hydrogen) atoms. The fourth-order valence-corrected chi connectivity index (χ4v) is 1.73. The van der Waals surface area contributed by atoms with Crippen LogP contribution in [0.3, 0.4) is 0 Å². The third-order valence-corrected chi connectivity index (χ3v) is 2.86. The van der Waals surface area contributed by atoms with Crippen LogP contribution in [0.25, 0.3) is 0 Å². The van der Waals surface area contributed by atoms with E-state index >= 15 is 0 Å². The van der Waals surface area contributed by atoms with Crippen molar-refractivity contribution in [3.8, 4) is 0 Å². The Hall–Kier alpha value is -0.860. The fourth-order valence-electron chi connectivity index (χ4n) is 1.73. The average Bonchev–Trinajstić information content (AvgIpc) is 2.27. The molecule has 1 aromatic rings. The molecule has 0 aromatic heterocycles. The molecule has 0 bridgehead atoms. The highest BCUT2D eigenvalue weighted by atomic mass is 16.3. The first-order chi connectivity index (χ1) is 7.59. The second kappa shape index (κ2) is 6.66. The normalized spacial score (nSPS) is 15.1. The maximum atomic E-state index is 9.96. The lowest BCUT2D eigenvalue weighted by Gasteiger charge is -2.19. The summed E-state index contributed by atoms with van der Waals surface area (Å²) < 4.78 is 0. The molecule has 0 aliphatic rings. The summed E-state index contributed by atoms with van der Waals surface area (Å²) in [5.74, 6) is 0.648. The van der Waals surface area contributed by atoms with Crippen LogP contribution in [-0.2, 0) is 6.42 Å². The zero-order chi connectivity index (χ0) is 12.0. The van der Waals surface area contributed by atoms with Crippen molar-refractivity contribution in [1.29, 1.82) is 0 Å². The van der Waals surface area contributed by atoms with Crippen LogP contribution >= 0.6 is 0 Å². The summed E-state index contributed by atoms with van der Waals surface area (Å²) in [5.41, 5.74) is 7.11. The third kappa shape index (κ3) is 4.77. The number of hydrogen-bond donors (Lipinski definition) is 2. The minimum Gasteiger partial charge on any atom is -0.391 e. The van der Waals surface area contributed by atoms with Crippen molar-refractivity contribution in [2.45, 2.75) is 45.3 Å². The van der Waals surface area contributed by atoms with Crippen LogP contribution in [0.4, 0.5) is 0 Å². The van der Waals surface area contributed by atoms with E-state index in [1.54, 1.807) is 0 Å². The molecule has 0 radical (unpaired) electrons. The maximum absolute atomic E-state index is 9.96. The van der Waals surface area contributed by atoms with Gasteiger partial charge in [0, 0.05) is 6.04 Å². The van der Waals surface area contributed by atoms with E-state index < -0.39 is 6.10 Å². The largest absolute Gasteiger partial charge is 0.391 e. The number of nitrogens with two attached hydrogens (primary N) is 1. The predicted molar refractivity (Wildman–Crippen MR) is 68.2 cm³/mol. The van der Waals surface area contributed by atoms with Gasteiger partial charge in [-0.2, -0.15) is 0 Å². The Bertz CT molecular complexity index is 284. The summed E-state index contributed by atoms with van der Waals surface area (Å²) in [4.78, 5) is 0. The standard InChI is InChI=1S/C14H23NO/c1-11(2)8-9-13(15)14(16)10-12-6-4-3-5-7-12/h3-7,11,13-14,16H,8-10,15H2,1-2H3. The monoisotopic (exact) mass is 221 g/mol. The highest BCUT2D eigenvalue weighted by Crippen LogP contribution is 2.11. The molecule has 3 N–H and O–H groups in total. The lowest BCUT2D eigenvalue weighted by Crippen LogP contribution is -2.36. The van der Waals surface area contributed by atoms with Gasteiger partial charge in [-0.25, -0.2) is 0 Å². The molecular weight excluding hydrogens is 198 g/mol. The molecule has 0 saturated heterocycles. The topological polar surface area (TPSA) is 46.2 Å². The minimum absolute atomic E-state index is 0.109. The van der Waals surface area contributed by atoms with Gasteiger partial charge in [0.25, 0.3) is 0 Å². The smallest absolute Gasteiger partial charge is 0.0731 e. The molecule has 1 aromatic carbocycles. The van der Waals surface area contributed by atoms with E-state index in [-0.39, 0.29) is 6.04 Å². The zero-order valence-corrected chi connectivity index (χ0v) is 10.3. The van der Waals surface area contributed by atoms with Gasteiger partial charge in [0.15, 0.2) is 0 Å². The molecule has 2 heteroatoms. The second-order valence-corrected chi connectivity index (χ2v) is 4.89. The second-order valence-electron chi connectivity index (χ2n) is 4.89. The Labute approximate surface area is 98.5 Å². The Morgan fingerprint density at radius 2 is 1.75 bits per heavy atom. The molecule has 0 amide bonds. The summed E-state index contributed by atoms with van der Waals surface area (Å²) >= 11 is 0. The first-order valence-electron chi connectivity index (χ1n) is 6.07. The summed E-state index contributed by atoms with van der Waals surface area (Å²) in [6.45, 7) is 4.35. The van der Waals surface area contributed by atoms with Gasteiger partial charge in [-0.15, -0.1) is 0 Å². The van der Waals surface area contributed by atoms with Crippen molar-refractivity contribution in [2.24, 2.45) is 11.7 Å². The molecule has 0 aliphatic carbocycles. The molecule has 0 spiro atoms. The van der Waals surface area contributed by atoms with Crippen molar-refractivity contribution in [3.63, 3.8) is 0 Å². The fraction of sp³-hybridized carbons (Fsp3) is 0.571. The van der Waals surface area contributed by atoms with E-state index in [0.717, 1.165) is 18.4 Å². The number of benzene rings is 1. The number of aliphatic hydroxyl groups is 1. The summed E-state index contributed by atoms with van der Waals surface area (Å²) in [6.07, 6.45) is 2.19. The molecule has 90 valence electrons. The first-order valence-corrected chi connectivity index (χ1v) is 6.07. The van der Waals surface area contributed by atoms with Crippen LogP contribution < -0.4 is 5.73 Å². The lowest BCUT2D eigenvalue weighted by molar-refractivity contribution is 0.137. The van der Waals surface area contributed by atoms with E-state index in [4.69, 9.17) is 5.73 Å². The highest BCUT2D eigenvalue weighted by molar-refractivity contribution is 5.15. The number of hydrogen-bond acceptors (Lipinski definition) is 2. The zero-order valence-electron chi connectivity index (χ0n) is 10.3. The minimum atomic E-state index is -0.429. The molecule has 2 nitrogen and oxygen atoms in total. The summed E-state index contributed by atoms with van der Waals surface area (Å²) in [6, 6.07) is 9.90. The van der Waals surface area contributed by atoms with Gasteiger partial charge in [-0.1, -0.05) is 44.2 Å². The van der Waals surface area contributed by atoms with Gasteiger partial charge in [0.05, 0.1) is 6.10 Å². The van der Waals surface area contributed by atoms with Crippen LogP contribution in [0, 0.1) is 5.92 Å². The van der Waals surface area contributed by atoms with Gasteiger partial charge in [0.1, 0.15) is 0 Å². The van der Waals surface area contributed by atoms with Crippen LogP contribution in [0.2, 0.25) is 0 Å². The van der Waals surface area contributed by atoms with Crippen LogP contribution in [-0.4, -0.2) is 17.3 Å². The summed E-state index contributed by atoms with van der Waals surface area (Å²) in [7, 11) is 0. The molecule has 0 fully saturated rings. The summed E-state index contributed by atoms with van der Waals surface area (Å²) in [5, 5.41) is 9.96. The molecule has 0 saturated carbocycles. The first kappa shape index (κ1) is 13.2. The van der Waals surface area contributed by atoms with E-state index in [9.17, 15) is 5.11 Å². The van der Waals surface area contributed by atoms with Crippen molar-refractivity contribution >= 4 is 0 Å². The van der Waals surface area contributed by atoms with Crippen molar-refractivity contribution in [3.05, 3.63) is 35.9 Å². The molecule has 1 rings (SSSR count). The van der Waals surface area contributed by atoms with E-state index in [1.165, 1.54) is 0 Å². The van der Waals surface area contributed by atoms with Crippen LogP contribution in [0.1, 0.15) is 32.3 Å². The molecule has 0 aliphatic heterocycles. The number of rotatable bonds is 6. The Morgan fingerprint density at radius 3 is 2.31 bits per heavy atom. The predicted octanol–water partition coefficient (Wildman–Crippen LogP) is 2.35. The molecule has 2 atom stereocenters. The van der Waals surface area contributed by atoms with E-state index in [2.05, 4.69) is 13.8 Å². The molecule has 2 unspecified atom stereocenters. The van der Waals surface area contributed by atoms with Gasteiger partial charge < -0.3 is 10.8 Å². The highest BCUT2D eigenvalue weighted by Gasteiger charge is 2.15. The Morgan fingerprint density at radius 1 is 1.12 bits per heavy atom. The quantitative estimate of drug-likeness (QED) is 0.774. The van der Waals surface area contributed by atoms with Gasteiger partial charge in [-0.05, 0) is 30.7 Å². The SMILES string of the molecule is CC(C)CCC(N)C(O)Cc1ccccc1. The van der Waals surface area contributed by atoms with Gasteiger partial charge in [0.2, 0.25) is 0 Å². The van der Waals surface area contributed by atoms with E-state index in [1.807, 2.05) is 30.3 Å². The van der Waals surface area contributed by atoms with Gasteiger partial charge >= 0.3 is 0 Å². The Kier molecular flexibility index (Phi) is 5.50.